The largest absolute Gasteiger partial charge is 0.341 e. The molecule has 2 rings (SSSR count). The van der Waals surface area contributed by atoms with Crippen molar-refractivity contribution in [2.45, 2.75) is 19.3 Å². The lowest BCUT2D eigenvalue weighted by atomic mass is 10.2. The van der Waals surface area contributed by atoms with Gasteiger partial charge in [0.2, 0.25) is 0 Å². The SMILES string of the molecule is C1CCNCC1.Cn1ccnc1. The minimum Gasteiger partial charge on any atom is -0.341 e. The molecule has 1 fully saturated rings. The number of piperidine rings is 1. The fourth-order valence-electron chi connectivity index (χ4n) is 1.13. The minimum atomic E-state index is 1.25. The van der Waals surface area contributed by atoms with Crippen LogP contribution in [0.1, 0.15) is 19.3 Å². The van der Waals surface area contributed by atoms with Crippen molar-refractivity contribution in [3.8, 4) is 0 Å². The summed E-state index contributed by atoms with van der Waals surface area (Å²) in [5.74, 6) is 0. The Bertz CT molecular complexity index is 166. The van der Waals surface area contributed by atoms with Crippen LogP contribution in [0, 0.1) is 0 Å². The van der Waals surface area contributed by atoms with Gasteiger partial charge in [-0.25, -0.2) is 4.98 Å². The topological polar surface area (TPSA) is 29.9 Å². The first-order valence-electron chi connectivity index (χ1n) is 4.52. The summed E-state index contributed by atoms with van der Waals surface area (Å²) in [4.78, 5) is 3.78. The third-order valence-electron chi connectivity index (χ3n) is 1.84. The Morgan fingerprint density at radius 1 is 1.25 bits per heavy atom. The number of nitrogens with zero attached hydrogens (tertiary/aromatic N) is 2. The maximum atomic E-state index is 3.78. The molecule has 12 heavy (non-hydrogen) atoms. The molecule has 2 heterocycles. The van der Waals surface area contributed by atoms with Gasteiger partial charge in [-0.05, 0) is 25.9 Å². The second-order valence-corrected chi connectivity index (χ2v) is 3.04. The number of imidazole rings is 1. The highest BCUT2D eigenvalue weighted by atomic mass is 15.0. The third kappa shape index (κ3) is 4.13. The molecule has 1 aliphatic heterocycles. The summed E-state index contributed by atoms with van der Waals surface area (Å²) in [5.41, 5.74) is 0. The lowest BCUT2D eigenvalue weighted by molar-refractivity contribution is 0.520. The predicted molar refractivity (Wildman–Crippen MR) is 49.9 cm³/mol. The van der Waals surface area contributed by atoms with E-state index in [0.29, 0.717) is 0 Å². The van der Waals surface area contributed by atoms with Crippen LogP contribution in [0.25, 0.3) is 0 Å². The lowest BCUT2D eigenvalue weighted by Crippen LogP contribution is -2.21. The van der Waals surface area contributed by atoms with E-state index < -0.39 is 0 Å². The van der Waals surface area contributed by atoms with Gasteiger partial charge in [0, 0.05) is 19.4 Å². The fourth-order valence-corrected chi connectivity index (χ4v) is 1.13. The van der Waals surface area contributed by atoms with Crippen molar-refractivity contribution in [3.05, 3.63) is 18.7 Å². The minimum absolute atomic E-state index is 1.25. The first kappa shape index (κ1) is 9.26. The molecular formula is C9H17N3. The van der Waals surface area contributed by atoms with Crippen LogP contribution in [0.3, 0.4) is 0 Å². The molecule has 0 amide bonds. The van der Waals surface area contributed by atoms with E-state index in [0.717, 1.165) is 0 Å². The van der Waals surface area contributed by atoms with Gasteiger partial charge in [0.1, 0.15) is 0 Å². The molecule has 0 unspecified atom stereocenters. The van der Waals surface area contributed by atoms with Gasteiger partial charge >= 0.3 is 0 Å². The highest BCUT2D eigenvalue weighted by Crippen LogP contribution is 1.96. The molecule has 1 saturated heterocycles. The molecule has 1 aromatic rings. The number of aromatic nitrogens is 2. The van der Waals surface area contributed by atoms with E-state index in [1.165, 1.54) is 32.4 Å². The van der Waals surface area contributed by atoms with Crippen molar-refractivity contribution in [3.63, 3.8) is 0 Å². The van der Waals surface area contributed by atoms with Crippen LogP contribution in [0.5, 0.6) is 0 Å². The number of hydrogen-bond donors (Lipinski definition) is 1. The molecule has 3 nitrogen and oxygen atoms in total. The fraction of sp³-hybridized carbons (Fsp3) is 0.667. The first-order valence-corrected chi connectivity index (χ1v) is 4.52. The van der Waals surface area contributed by atoms with Gasteiger partial charge in [-0.3, -0.25) is 0 Å². The molecule has 0 aliphatic carbocycles. The molecule has 68 valence electrons. The van der Waals surface area contributed by atoms with E-state index in [2.05, 4.69) is 10.3 Å². The van der Waals surface area contributed by atoms with Crippen molar-refractivity contribution < 1.29 is 0 Å². The molecule has 0 bridgehead atoms. The van der Waals surface area contributed by atoms with Gasteiger partial charge in [-0.15, -0.1) is 0 Å². The maximum absolute atomic E-state index is 3.78. The monoisotopic (exact) mass is 167 g/mol. The van der Waals surface area contributed by atoms with E-state index in [1.54, 1.807) is 12.5 Å². The predicted octanol–water partition coefficient (Wildman–Crippen LogP) is 1.18. The van der Waals surface area contributed by atoms with Crippen LogP contribution in [0.2, 0.25) is 0 Å². The van der Waals surface area contributed by atoms with Gasteiger partial charge < -0.3 is 9.88 Å². The molecule has 0 radical (unpaired) electrons. The Hall–Kier alpha value is -0.830. The Kier molecular flexibility index (Phi) is 4.46. The van der Waals surface area contributed by atoms with Crippen LogP contribution in [-0.2, 0) is 7.05 Å². The standard InChI is InChI=1S/C5H11N.C4H6N2/c1-2-4-6-5-3-1;1-6-3-2-5-4-6/h6H,1-5H2;2-4H,1H3. The Labute approximate surface area is 73.8 Å². The molecule has 3 heteroatoms. The summed E-state index contributed by atoms with van der Waals surface area (Å²) in [5, 5.41) is 3.28. The van der Waals surface area contributed by atoms with E-state index in [1.807, 2.05) is 17.8 Å². The highest BCUT2D eigenvalue weighted by Gasteiger charge is 1.93. The number of aryl methyl sites for hydroxylation is 1. The summed E-state index contributed by atoms with van der Waals surface area (Å²) < 4.78 is 1.89. The summed E-state index contributed by atoms with van der Waals surface area (Å²) in [6.07, 6.45) is 9.60. The van der Waals surface area contributed by atoms with E-state index in [-0.39, 0.29) is 0 Å². The van der Waals surface area contributed by atoms with Crippen molar-refractivity contribution in [2.24, 2.45) is 7.05 Å². The molecule has 1 aromatic heterocycles. The molecule has 1 N–H and O–H groups in total. The zero-order valence-corrected chi connectivity index (χ0v) is 7.66. The molecule has 0 aromatic carbocycles. The van der Waals surface area contributed by atoms with Gasteiger partial charge in [0.05, 0.1) is 6.33 Å². The number of hydrogen-bond acceptors (Lipinski definition) is 2. The zero-order chi connectivity index (χ0) is 8.65. The van der Waals surface area contributed by atoms with Crippen LogP contribution in [0.4, 0.5) is 0 Å². The van der Waals surface area contributed by atoms with Crippen molar-refractivity contribution in [1.82, 2.24) is 14.9 Å². The van der Waals surface area contributed by atoms with Crippen molar-refractivity contribution in [1.29, 1.82) is 0 Å². The second kappa shape index (κ2) is 5.77. The second-order valence-electron chi connectivity index (χ2n) is 3.04. The Morgan fingerprint density at radius 2 is 2.00 bits per heavy atom. The molecular weight excluding hydrogens is 150 g/mol. The summed E-state index contributed by atoms with van der Waals surface area (Å²) in [6, 6.07) is 0. The van der Waals surface area contributed by atoms with Crippen molar-refractivity contribution in [2.75, 3.05) is 13.1 Å². The molecule has 0 saturated carbocycles. The normalized spacial score (nSPS) is 16.4. The van der Waals surface area contributed by atoms with E-state index >= 15 is 0 Å². The van der Waals surface area contributed by atoms with E-state index in [9.17, 15) is 0 Å². The smallest absolute Gasteiger partial charge is 0.0943 e. The van der Waals surface area contributed by atoms with E-state index in [4.69, 9.17) is 0 Å². The quantitative estimate of drug-likeness (QED) is 0.629. The van der Waals surface area contributed by atoms with Gasteiger partial charge in [-0.2, -0.15) is 0 Å². The molecule has 1 aliphatic rings. The molecule has 0 atom stereocenters. The summed E-state index contributed by atoms with van der Waals surface area (Å²) in [6.45, 7) is 2.50. The molecule has 0 spiro atoms. The average molecular weight is 167 g/mol. The van der Waals surface area contributed by atoms with Gasteiger partial charge in [0.15, 0.2) is 0 Å². The Balaban J connectivity index is 0.000000120. The summed E-state index contributed by atoms with van der Waals surface area (Å²) in [7, 11) is 1.94. The van der Waals surface area contributed by atoms with Crippen LogP contribution in [0.15, 0.2) is 18.7 Å². The first-order chi connectivity index (χ1) is 5.89. The number of nitrogens with one attached hydrogen (secondary N) is 1. The highest BCUT2D eigenvalue weighted by molar-refractivity contribution is 4.70. The zero-order valence-electron chi connectivity index (χ0n) is 7.66. The van der Waals surface area contributed by atoms with Crippen LogP contribution in [-0.4, -0.2) is 22.6 Å². The van der Waals surface area contributed by atoms with Gasteiger partial charge in [0.25, 0.3) is 0 Å². The third-order valence-corrected chi connectivity index (χ3v) is 1.84. The van der Waals surface area contributed by atoms with Gasteiger partial charge in [-0.1, -0.05) is 6.42 Å². The van der Waals surface area contributed by atoms with Crippen LogP contribution >= 0.6 is 0 Å². The Morgan fingerprint density at radius 3 is 2.17 bits per heavy atom. The number of rotatable bonds is 0. The van der Waals surface area contributed by atoms with Crippen LogP contribution < -0.4 is 5.32 Å². The lowest BCUT2D eigenvalue weighted by Gasteiger charge is -2.08. The maximum Gasteiger partial charge on any atom is 0.0943 e. The van der Waals surface area contributed by atoms with Crippen molar-refractivity contribution >= 4 is 0 Å². The average Bonchev–Trinajstić information content (AvgIpc) is 2.60. The summed E-state index contributed by atoms with van der Waals surface area (Å²) >= 11 is 0.